The fourth-order valence-electron chi connectivity index (χ4n) is 2.01. The van der Waals surface area contributed by atoms with Crippen LogP contribution < -0.4 is 0 Å². The van der Waals surface area contributed by atoms with Crippen LogP contribution in [0.3, 0.4) is 0 Å². The van der Waals surface area contributed by atoms with Crippen molar-refractivity contribution in [2.75, 3.05) is 26.2 Å². The van der Waals surface area contributed by atoms with Gasteiger partial charge in [-0.05, 0) is 13.8 Å². The van der Waals surface area contributed by atoms with Crippen LogP contribution in [0.15, 0.2) is 10.6 Å². The van der Waals surface area contributed by atoms with Crippen LogP contribution in [-0.4, -0.2) is 53.1 Å². The number of hydrogen-bond acceptors (Lipinski definition) is 5. The number of hydrogen-bond donors (Lipinski definition) is 0. The highest BCUT2D eigenvalue weighted by molar-refractivity contribution is 5.91. The molecule has 96 valence electrons. The summed E-state index contributed by atoms with van der Waals surface area (Å²) in [5, 5.41) is 12.6. The zero-order valence-corrected chi connectivity index (χ0v) is 10.6. The number of nitrogens with zero attached hydrogens (tertiary/aromatic N) is 4. The summed E-state index contributed by atoms with van der Waals surface area (Å²) in [6.45, 7) is 6.32. The third-order valence-corrected chi connectivity index (χ3v) is 3.17. The molecule has 0 aliphatic carbocycles. The van der Waals surface area contributed by atoms with Gasteiger partial charge in [-0.1, -0.05) is 5.16 Å². The van der Waals surface area contributed by atoms with Gasteiger partial charge in [0.05, 0.1) is 17.8 Å². The number of piperazine rings is 1. The van der Waals surface area contributed by atoms with E-state index >= 15 is 0 Å². The lowest BCUT2D eigenvalue weighted by atomic mass is 10.2. The number of rotatable bonds is 2. The first-order chi connectivity index (χ1) is 8.61. The lowest BCUT2D eigenvalue weighted by molar-refractivity contribution is 0.0576. The lowest BCUT2D eigenvalue weighted by Crippen LogP contribution is -2.51. The maximum absolute atomic E-state index is 12.1. The maximum atomic E-state index is 12.1. The van der Waals surface area contributed by atoms with Gasteiger partial charge < -0.3 is 9.42 Å². The minimum absolute atomic E-state index is 0.102. The number of carbonyl (C=O) groups is 1. The molecule has 1 atom stereocenters. The Bertz CT molecular complexity index is 469. The van der Waals surface area contributed by atoms with Gasteiger partial charge in [-0.2, -0.15) is 5.26 Å². The average molecular weight is 248 g/mol. The van der Waals surface area contributed by atoms with Gasteiger partial charge in [0.1, 0.15) is 0 Å². The van der Waals surface area contributed by atoms with Crippen LogP contribution in [0.25, 0.3) is 0 Å². The Labute approximate surface area is 106 Å². The van der Waals surface area contributed by atoms with E-state index in [9.17, 15) is 4.79 Å². The first kappa shape index (κ1) is 12.6. The van der Waals surface area contributed by atoms with Gasteiger partial charge in [0, 0.05) is 32.2 Å². The second-order valence-electron chi connectivity index (χ2n) is 4.47. The van der Waals surface area contributed by atoms with Crippen molar-refractivity contribution in [1.29, 1.82) is 5.26 Å². The first-order valence-corrected chi connectivity index (χ1v) is 5.98. The zero-order chi connectivity index (χ0) is 13.1. The highest BCUT2D eigenvalue weighted by atomic mass is 16.5. The van der Waals surface area contributed by atoms with E-state index in [1.807, 2.05) is 6.92 Å². The molecule has 0 N–H and O–H groups in total. The summed E-state index contributed by atoms with van der Waals surface area (Å²) in [7, 11) is 0. The molecule has 1 fully saturated rings. The Kier molecular flexibility index (Phi) is 3.63. The van der Waals surface area contributed by atoms with E-state index in [1.165, 1.54) is 0 Å². The third-order valence-electron chi connectivity index (χ3n) is 3.17. The molecule has 6 nitrogen and oxygen atoms in total. The van der Waals surface area contributed by atoms with Gasteiger partial charge in [-0.25, -0.2) is 0 Å². The van der Waals surface area contributed by atoms with Crippen LogP contribution in [0, 0.1) is 18.3 Å². The van der Waals surface area contributed by atoms with Gasteiger partial charge in [0.2, 0.25) is 5.76 Å². The molecule has 1 aliphatic rings. The van der Waals surface area contributed by atoms with Gasteiger partial charge in [-0.3, -0.25) is 9.69 Å². The largest absolute Gasteiger partial charge is 0.351 e. The van der Waals surface area contributed by atoms with Crippen LogP contribution in [0.5, 0.6) is 0 Å². The zero-order valence-electron chi connectivity index (χ0n) is 10.6. The quantitative estimate of drug-likeness (QED) is 0.768. The molecule has 2 heterocycles. The first-order valence-electron chi connectivity index (χ1n) is 5.98. The third kappa shape index (κ3) is 2.51. The smallest absolute Gasteiger partial charge is 0.292 e. The van der Waals surface area contributed by atoms with Crippen molar-refractivity contribution in [2.24, 2.45) is 0 Å². The van der Waals surface area contributed by atoms with Crippen molar-refractivity contribution < 1.29 is 9.32 Å². The molecule has 18 heavy (non-hydrogen) atoms. The Morgan fingerprint density at radius 2 is 2.17 bits per heavy atom. The van der Waals surface area contributed by atoms with E-state index in [-0.39, 0.29) is 17.7 Å². The summed E-state index contributed by atoms with van der Waals surface area (Å²) >= 11 is 0. The topological polar surface area (TPSA) is 73.4 Å². The van der Waals surface area contributed by atoms with Crippen molar-refractivity contribution in [3.8, 4) is 6.07 Å². The molecule has 0 bridgehead atoms. The van der Waals surface area contributed by atoms with Crippen LogP contribution >= 0.6 is 0 Å². The summed E-state index contributed by atoms with van der Waals surface area (Å²) < 4.78 is 4.97. The minimum Gasteiger partial charge on any atom is -0.351 e. The summed E-state index contributed by atoms with van der Waals surface area (Å²) in [6.07, 6.45) is 0. The van der Waals surface area contributed by atoms with E-state index in [1.54, 1.807) is 17.9 Å². The minimum atomic E-state index is -0.125. The Hall–Kier alpha value is -1.87. The summed E-state index contributed by atoms with van der Waals surface area (Å²) in [4.78, 5) is 15.9. The van der Waals surface area contributed by atoms with Crippen molar-refractivity contribution in [2.45, 2.75) is 19.9 Å². The standard InChI is InChI=1S/C12H16N4O2/c1-9-7-11(18-14-9)12(17)16-5-3-15(4-6-16)10(2)8-13/h7,10H,3-6H2,1-2H3. The van der Waals surface area contributed by atoms with Crippen LogP contribution in [0.4, 0.5) is 0 Å². The molecule has 1 aliphatic heterocycles. The van der Waals surface area contributed by atoms with Crippen molar-refractivity contribution in [3.05, 3.63) is 17.5 Å². The second-order valence-corrected chi connectivity index (χ2v) is 4.47. The van der Waals surface area contributed by atoms with Gasteiger partial charge in [0.15, 0.2) is 0 Å². The molecular weight excluding hydrogens is 232 g/mol. The molecule has 1 aromatic heterocycles. The van der Waals surface area contributed by atoms with E-state index in [0.717, 1.165) is 0 Å². The number of aryl methyl sites for hydroxylation is 1. The average Bonchev–Trinajstić information content (AvgIpc) is 2.84. The fourth-order valence-corrected chi connectivity index (χ4v) is 2.01. The normalized spacial score (nSPS) is 18.4. The van der Waals surface area contributed by atoms with Crippen LogP contribution in [-0.2, 0) is 0 Å². The predicted molar refractivity (Wildman–Crippen MR) is 63.8 cm³/mol. The van der Waals surface area contributed by atoms with Crippen molar-refractivity contribution in [1.82, 2.24) is 15.0 Å². The highest BCUT2D eigenvalue weighted by Crippen LogP contribution is 2.11. The Morgan fingerprint density at radius 1 is 1.50 bits per heavy atom. The number of nitriles is 1. The lowest BCUT2D eigenvalue weighted by Gasteiger charge is -2.35. The number of aromatic nitrogens is 1. The van der Waals surface area contributed by atoms with E-state index in [2.05, 4.69) is 16.1 Å². The van der Waals surface area contributed by atoms with E-state index < -0.39 is 0 Å². The van der Waals surface area contributed by atoms with Gasteiger partial charge in [-0.15, -0.1) is 0 Å². The molecule has 1 aromatic rings. The molecule has 0 radical (unpaired) electrons. The highest BCUT2D eigenvalue weighted by Gasteiger charge is 2.26. The van der Waals surface area contributed by atoms with E-state index in [0.29, 0.717) is 31.9 Å². The summed E-state index contributed by atoms with van der Waals surface area (Å²) in [5.74, 6) is 0.161. The Balaban J connectivity index is 1.94. The van der Waals surface area contributed by atoms with Gasteiger partial charge >= 0.3 is 0 Å². The molecule has 0 saturated carbocycles. The van der Waals surface area contributed by atoms with E-state index in [4.69, 9.17) is 9.78 Å². The summed E-state index contributed by atoms with van der Waals surface area (Å²) in [6, 6.07) is 3.75. The van der Waals surface area contributed by atoms with Crippen molar-refractivity contribution >= 4 is 5.91 Å². The SMILES string of the molecule is Cc1cc(C(=O)N2CCN(C(C)C#N)CC2)on1. The second kappa shape index (κ2) is 5.19. The molecule has 0 spiro atoms. The molecular formula is C12H16N4O2. The van der Waals surface area contributed by atoms with Crippen LogP contribution in [0.2, 0.25) is 0 Å². The molecule has 1 saturated heterocycles. The van der Waals surface area contributed by atoms with Crippen LogP contribution in [0.1, 0.15) is 23.2 Å². The number of carbonyl (C=O) groups excluding carboxylic acids is 1. The Morgan fingerprint density at radius 3 is 2.67 bits per heavy atom. The monoisotopic (exact) mass is 248 g/mol. The molecule has 1 amide bonds. The maximum Gasteiger partial charge on any atom is 0.292 e. The molecule has 1 unspecified atom stereocenters. The predicted octanol–water partition coefficient (Wildman–Crippen LogP) is 0.653. The summed E-state index contributed by atoms with van der Waals surface area (Å²) in [5.41, 5.74) is 0.704. The molecule has 2 rings (SSSR count). The van der Waals surface area contributed by atoms with Crippen molar-refractivity contribution in [3.63, 3.8) is 0 Å². The fraction of sp³-hybridized carbons (Fsp3) is 0.583. The molecule has 6 heteroatoms. The molecule has 0 aromatic carbocycles. The van der Waals surface area contributed by atoms with Gasteiger partial charge in [0.25, 0.3) is 5.91 Å². The number of amides is 1.